The van der Waals surface area contributed by atoms with Gasteiger partial charge in [0.05, 0.1) is 10.3 Å². The summed E-state index contributed by atoms with van der Waals surface area (Å²) >= 11 is 1.04. The summed E-state index contributed by atoms with van der Waals surface area (Å²) in [6.45, 7) is 1.63. The molecule has 0 saturated carbocycles. The minimum Gasteiger partial charge on any atom is -0.321 e. The largest absolute Gasteiger partial charge is 0.331 e. The highest BCUT2D eigenvalue weighted by Crippen LogP contribution is 2.23. The fourth-order valence-electron chi connectivity index (χ4n) is 2.34. The Balaban J connectivity index is 2.03. The quantitative estimate of drug-likeness (QED) is 0.771. The third-order valence-corrected chi connectivity index (χ3v) is 4.99. The highest BCUT2D eigenvalue weighted by atomic mass is 32.1. The minimum absolute atomic E-state index is 0.268. The number of nitrogens with one attached hydrogen (secondary N) is 1. The van der Waals surface area contributed by atoms with Gasteiger partial charge in [0, 0.05) is 19.8 Å². The van der Waals surface area contributed by atoms with Crippen LogP contribution in [-0.2, 0) is 14.1 Å². The second kappa shape index (κ2) is 5.72. The van der Waals surface area contributed by atoms with Crippen molar-refractivity contribution in [3.63, 3.8) is 0 Å². The van der Waals surface area contributed by atoms with E-state index in [1.165, 1.54) is 30.8 Å². The summed E-state index contributed by atoms with van der Waals surface area (Å²) in [5.41, 5.74) is -0.109. The Labute approximate surface area is 139 Å². The number of hydrogen-bond donors (Lipinski definition) is 1. The van der Waals surface area contributed by atoms with Crippen LogP contribution in [0.5, 0.6) is 0 Å². The summed E-state index contributed by atoms with van der Waals surface area (Å²) in [4.78, 5) is 37.1. The molecule has 3 aromatic rings. The number of benzene rings is 1. The van der Waals surface area contributed by atoms with E-state index in [2.05, 4.69) is 5.32 Å². The van der Waals surface area contributed by atoms with Gasteiger partial charge in [-0.1, -0.05) is 6.07 Å². The molecular weight excluding hydrogens is 333 g/mol. The Kier molecular flexibility index (Phi) is 3.84. The predicted octanol–water partition coefficient (Wildman–Crippen LogP) is 2.00. The van der Waals surface area contributed by atoms with Crippen molar-refractivity contribution in [3.8, 4) is 0 Å². The van der Waals surface area contributed by atoms with E-state index in [-0.39, 0.29) is 4.88 Å². The first kappa shape index (κ1) is 16.1. The van der Waals surface area contributed by atoms with Gasteiger partial charge >= 0.3 is 5.69 Å². The Morgan fingerprint density at radius 3 is 2.54 bits per heavy atom. The number of hydrogen-bond acceptors (Lipinski definition) is 4. The molecule has 0 aliphatic carbocycles. The maximum absolute atomic E-state index is 13.6. The first-order valence-corrected chi connectivity index (χ1v) is 7.88. The Morgan fingerprint density at radius 2 is 1.88 bits per heavy atom. The molecule has 1 aromatic carbocycles. The number of aromatic nitrogens is 2. The normalized spacial score (nSPS) is 11.0. The van der Waals surface area contributed by atoms with Crippen molar-refractivity contribution in [1.29, 1.82) is 0 Å². The third kappa shape index (κ3) is 2.54. The lowest BCUT2D eigenvalue weighted by Crippen LogP contribution is -2.36. The molecule has 0 spiro atoms. The van der Waals surface area contributed by atoms with Crippen LogP contribution in [0, 0.1) is 12.7 Å². The summed E-state index contributed by atoms with van der Waals surface area (Å²) in [5.74, 6) is -0.880. The van der Waals surface area contributed by atoms with Gasteiger partial charge in [0.2, 0.25) is 0 Å². The molecule has 0 fully saturated rings. The first-order chi connectivity index (χ1) is 11.3. The van der Waals surface area contributed by atoms with Crippen LogP contribution in [0.25, 0.3) is 10.2 Å². The third-order valence-electron chi connectivity index (χ3n) is 3.78. The zero-order valence-electron chi connectivity index (χ0n) is 13.2. The number of amides is 1. The van der Waals surface area contributed by atoms with Crippen LogP contribution < -0.4 is 16.6 Å². The lowest BCUT2D eigenvalue weighted by molar-refractivity contribution is 0.103. The summed E-state index contributed by atoms with van der Waals surface area (Å²) in [5, 5.41) is 2.89. The molecular formula is C16H14FN3O3S. The van der Waals surface area contributed by atoms with Crippen LogP contribution >= 0.6 is 11.3 Å². The molecule has 2 aromatic heterocycles. The molecule has 0 aliphatic rings. The predicted molar refractivity (Wildman–Crippen MR) is 91.4 cm³/mol. The zero-order chi connectivity index (χ0) is 17.6. The molecule has 6 nitrogen and oxygen atoms in total. The Bertz CT molecular complexity index is 1090. The van der Waals surface area contributed by atoms with Crippen molar-refractivity contribution >= 4 is 33.1 Å². The molecule has 3 rings (SSSR count). The molecule has 8 heteroatoms. The van der Waals surface area contributed by atoms with Crippen molar-refractivity contribution in [2.45, 2.75) is 6.92 Å². The van der Waals surface area contributed by atoms with Gasteiger partial charge in [-0.2, -0.15) is 0 Å². The first-order valence-electron chi connectivity index (χ1n) is 7.06. The lowest BCUT2D eigenvalue weighted by atomic mass is 10.2. The van der Waals surface area contributed by atoms with Crippen LogP contribution in [0.1, 0.15) is 15.2 Å². The summed E-state index contributed by atoms with van der Waals surface area (Å²) in [7, 11) is 2.92. The number of anilines is 1. The number of carbonyl (C=O) groups is 1. The Morgan fingerprint density at radius 1 is 1.17 bits per heavy atom. The van der Waals surface area contributed by atoms with E-state index in [1.54, 1.807) is 19.1 Å². The highest BCUT2D eigenvalue weighted by Gasteiger charge is 2.16. The molecule has 0 bridgehead atoms. The molecule has 0 radical (unpaired) electrons. The van der Waals surface area contributed by atoms with Crippen LogP contribution in [0.4, 0.5) is 10.1 Å². The SMILES string of the molecule is Cc1ccc(NC(=O)c2cc3c(=O)n(C)c(=O)n(C)c3s2)cc1F. The van der Waals surface area contributed by atoms with Crippen molar-refractivity contribution in [2.24, 2.45) is 14.1 Å². The highest BCUT2D eigenvalue weighted by molar-refractivity contribution is 7.20. The molecule has 0 atom stereocenters. The van der Waals surface area contributed by atoms with Crippen molar-refractivity contribution in [3.05, 3.63) is 61.4 Å². The van der Waals surface area contributed by atoms with Gasteiger partial charge in [-0.3, -0.25) is 18.7 Å². The summed E-state index contributed by atoms with van der Waals surface area (Å²) in [6.07, 6.45) is 0. The monoisotopic (exact) mass is 347 g/mol. The summed E-state index contributed by atoms with van der Waals surface area (Å²) in [6, 6.07) is 5.84. The van der Waals surface area contributed by atoms with Crippen LogP contribution in [0.2, 0.25) is 0 Å². The summed E-state index contributed by atoms with van der Waals surface area (Å²) < 4.78 is 15.9. The van der Waals surface area contributed by atoms with Gasteiger partial charge in [-0.05, 0) is 30.7 Å². The molecule has 2 heterocycles. The van der Waals surface area contributed by atoms with Crippen LogP contribution in [-0.4, -0.2) is 15.0 Å². The molecule has 0 aliphatic heterocycles. The van der Waals surface area contributed by atoms with Crippen LogP contribution in [0.3, 0.4) is 0 Å². The average molecular weight is 347 g/mol. The van der Waals surface area contributed by atoms with Gasteiger partial charge in [0.15, 0.2) is 0 Å². The van der Waals surface area contributed by atoms with Gasteiger partial charge in [-0.25, -0.2) is 9.18 Å². The number of thiophene rings is 1. The van der Waals surface area contributed by atoms with Crippen LogP contribution in [0.15, 0.2) is 33.9 Å². The topological polar surface area (TPSA) is 73.1 Å². The molecule has 24 heavy (non-hydrogen) atoms. The van der Waals surface area contributed by atoms with Crippen molar-refractivity contribution in [1.82, 2.24) is 9.13 Å². The van der Waals surface area contributed by atoms with Gasteiger partial charge < -0.3 is 5.32 Å². The van der Waals surface area contributed by atoms with E-state index in [1.807, 2.05) is 0 Å². The number of halogens is 1. The molecule has 1 N–H and O–H groups in total. The van der Waals surface area contributed by atoms with Gasteiger partial charge in [0.1, 0.15) is 10.6 Å². The van der Waals surface area contributed by atoms with E-state index >= 15 is 0 Å². The molecule has 124 valence electrons. The number of carbonyl (C=O) groups excluding carboxylic acids is 1. The van der Waals surface area contributed by atoms with E-state index in [0.29, 0.717) is 21.5 Å². The number of aryl methyl sites for hydroxylation is 2. The zero-order valence-corrected chi connectivity index (χ0v) is 14.0. The van der Waals surface area contributed by atoms with Crippen molar-refractivity contribution < 1.29 is 9.18 Å². The molecule has 1 amide bonds. The van der Waals surface area contributed by atoms with Gasteiger partial charge in [0.25, 0.3) is 11.5 Å². The Hall–Kier alpha value is -2.74. The van der Waals surface area contributed by atoms with E-state index < -0.39 is 23.0 Å². The van der Waals surface area contributed by atoms with E-state index in [0.717, 1.165) is 15.9 Å². The van der Waals surface area contributed by atoms with Crippen molar-refractivity contribution in [2.75, 3.05) is 5.32 Å². The van der Waals surface area contributed by atoms with E-state index in [4.69, 9.17) is 0 Å². The lowest BCUT2D eigenvalue weighted by Gasteiger charge is -2.04. The minimum atomic E-state index is -0.464. The standard InChI is InChI=1S/C16H14FN3O3S/c1-8-4-5-9(6-11(8)17)18-13(21)12-7-10-14(22)19(2)16(23)20(3)15(10)24-12/h4-7H,1-3H3,(H,18,21). The smallest absolute Gasteiger partial charge is 0.321 e. The molecule has 0 unspecified atom stereocenters. The molecule has 0 saturated heterocycles. The second-order valence-corrected chi connectivity index (χ2v) is 6.48. The maximum atomic E-state index is 13.6. The van der Waals surface area contributed by atoms with E-state index in [9.17, 15) is 18.8 Å². The number of fused-ring (bicyclic) bond motifs is 1. The maximum Gasteiger partial charge on any atom is 0.331 e. The fourth-order valence-corrected chi connectivity index (χ4v) is 3.34. The number of nitrogens with zero attached hydrogens (tertiary/aromatic N) is 2. The van der Waals surface area contributed by atoms with Gasteiger partial charge in [-0.15, -0.1) is 11.3 Å². The number of rotatable bonds is 2. The fraction of sp³-hybridized carbons (Fsp3) is 0.188. The average Bonchev–Trinajstić information content (AvgIpc) is 3.00. The second-order valence-electron chi connectivity index (χ2n) is 5.45.